The fraction of sp³-hybridized carbons (Fsp3) is 0.733. The van der Waals surface area contributed by atoms with Crippen LogP contribution in [0.15, 0.2) is 12.2 Å². The second-order valence-electron chi connectivity index (χ2n) is 5.63. The lowest BCUT2D eigenvalue weighted by molar-refractivity contribution is -0.125. The summed E-state index contributed by atoms with van der Waals surface area (Å²) in [5.74, 6) is 0.805. The number of nitrogens with one attached hydrogen (secondary N) is 1. The topological polar surface area (TPSA) is 58.6 Å². The van der Waals surface area contributed by atoms with Gasteiger partial charge in [0.2, 0.25) is 5.91 Å². The predicted molar refractivity (Wildman–Crippen MR) is 76.2 cm³/mol. The van der Waals surface area contributed by atoms with Crippen LogP contribution in [-0.4, -0.2) is 43.6 Å². The van der Waals surface area contributed by atoms with Crippen molar-refractivity contribution in [2.75, 3.05) is 26.7 Å². The Kier molecular flexibility index (Phi) is 5.44. The van der Waals surface area contributed by atoms with Gasteiger partial charge in [-0.15, -0.1) is 0 Å². The van der Waals surface area contributed by atoms with Gasteiger partial charge in [0, 0.05) is 25.6 Å². The molecule has 0 radical (unpaired) electrons. The third-order valence-electron chi connectivity index (χ3n) is 4.25. The molecule has 1 unspecified atom stereocenters. The number of rotatable bonds is 3. The van der Waals surface area contributed by atoms with Gasteiger partial charge in [-0.3, -0.25) is 4.79 Å². The molecule has 1 atom stereocenters. The van der Waals surface area contributed by atoms with Gasteiger partial charge < -0.3 is 15.0 Å². The van der Waals surface area contributed by atoms with Crippen LogP contribution in [0.5, 0.6) is 0 Å². The lowest BCUT2D eigenvalue weighted by atomic mass is 9.92. The maximum absolute atomic E-state index is 12.0. The van der Waals surface area contributed by atoms with Crippen molar-refractivity contribution < 1.29 is 14.3 Å². The molecule has 2 aliphatic rings. The minimum atomic E-state index is -0.249. The lowest BCUT2D eigenvalue weighted by Crippen LogP contribution is -2.42. The van der Waals surface area contributed by atoms with Crippen LogP contribution < -0.4 is 5.32 Å². The van der Waals surface area contributed by atoms with Gasteiger partial charge in [-0.2, -0.15) is 0 Å². The zero-order valence-corrected chi connectivity index (χ0v) is 12.1. The predicted octanol–water partition coefficient (Wildman–Crippen LogP) is 1.94. The van der Waals surface area contributed by atoms with Crippen LogP contribution in [0.4, 0.5) is 4.79 Å². The number of nitrogens with zero attached hydrogens (tertiary/aromatic N) is 1. The summed E-state index contributed by atoms with van der Waals surface area (Å²) in [7, 11) is 1.41. The van der Waals surface area contributed by atoms with E-state index in [-0.39, 0.29) is 17.9 Å². The van der Waals surface area contributed by atoms with Gasteiger partial charge in [0.1, 0.15) is 0 Å². The van der Waals surface area contributed by atoms with Crippen molar-refractivity contribution in [3.05, 3.63) is 12.2 Å². The quantitative estimate of drug-likeness (QED) is 0.804. The molecule has 1 aliphatic heterocycles. The van der Waals surface area contributed by atoms with E-state index in [0.717, 1.165) is 51.7 Å². The highest BCUT2D eigenvalue weighted by atomic mass is 16.5. The number of hydrogen-bond donors (Lipinski definition) is 1. The molecular weight excluding hydrogens is 256 g/mol. The summed E-state index contributed by atoms with van der Waals surface area (Å²) in [6.07, 6.45) is 8.70. The molecule has 2 rings (SSSR count). The largest absolute Gasteiger partial charge is 0.453 e. The van der Waals surface area contributed by atoms with Crippen LogP contribution in [0.2, 0.25) is 0 Å². The third-order valence-corrected chi connectivity index (χ3v) is 4.25. The molecule has 1 N–H and O–H groups in total. The van der Waals surface area contributed by atoms with Crippen LogP contribution in [0.3, 0.4) is 0 Å². The van der Waals surface area contributed by atoms with Crippen molar-refractivity contribution in [3.63, 3.8) is 0 Å². The number of allylic oxidation sites excluding steroid dienone is 2. The van der Waals surface area contributed by atoms with E-state index in [2.05, 4.69) is 17.5 Å². The van der Waals surface area contributed by atoms with Gasteiger partial charge in [-0.25, -0.2) is 4.79 Å². The molecule has 5 heteroatoms. The van der Waals surface area contributed by atoms with Crippen molar-refractivity contribution in [2.45, 2.75) is 32.1 Å². The summed E-state index contributed by atoms with van der Waals surface area (Å²) in [6.45, 7) is 2.17. The van der Waals surface area contributed by atoms with Crippen LogP contribution >= 0.6 is 0 Å². The molecule has 0 aromatic carbocycles. The zero-order chi connectivity index (χ0) is 14.4. The average molecular weight is 280 g/mol. The molecule has 1 fully saturated rings. The fourth-order valence-corrected chi connectivity index (χ4v) is 2.87. The number of ether oxygens (including phenoxy) is 1. The van der Waals surface area contributed by atoms with Crippen LogP contribution in [0.1, 0.15) is 32.1 Å². The number of piperidine rings is 1. The Balaban J connectivity index is 1.67. The van der Waals surface area contributed by atoms with E-state index in [1.807, 2.05) is 0 Å². The van der Waals surface area contributed by atoms with E-state index in [0.29, 0.717) is 5.92 Å². The molecule has 5 nitrogen and oxygen atoms in total. The van der Waals surface area contributed by atoms with Gasteiger partial charge >= 0.3 is 6.09 Å². The minimum Gasteiger partial charge on any atom is -0.453 e. The van der Waals surface area contributed by atoms with Gasteiger partial charge in [-0.05, 0) is 38.0 Å². The number of hydrogen-bond acceptors (Lipinski definition) is 3. The summed E-state index contributed by atoms with van der Waals surface area (Å²) < 4.78 is 4.71. The first-order chi connectivity index (χ1) is 9.70. The molecule has 0 bridgehead atoms. The van der Waals surface area contributed by atoms with E-state index in [1.165, 1.54) is 7.11 Å². The standard InChI is InChI=1S/C15H24N2O3/c1-20-15(19)17-9-7-12(8-10-17)11-16-14(18)13-5-3-2-4-6-13/h2-3,12-13H,4-11H2,1H3,(H,16,18). The number of likely N-dealkylation sites (tertiary alicyclic amines) is 1. The van der Waals surface area contributed by atoms with Crippen LogP contribution in [0, 0.1) is 11.8 Å². The summed E-state index contributed by atoms with van der Waals surface area (Å²) in [5, 5.41) is 3.07. The number of carbonyl (C=O) groups is 2. The van der Waals surface area contributed by atoms with E-state index >= 15 is 0 Å². The summed E-state index contributed by atoms with van der Waals surface area (Å²) in [6, 6.07) is 0. The highest BCUT2D eigenvalue weighted by Crippen LogP contribution is 2.20. The van der Waals surface area contributed by atoms with Gasteiger partial charge in [0.25, 0.3) is 0 Å². The van der Waals surface area contributed by atoms with Crippen LogP contribution in [0.25, 0.3) is 0 Å². The second kappa shape index (κ2) is 7.31. The summed E-state index contributed by atoms with van der Waals surface area (Å²) >= 11 is 0. The number of methoxy groups -OCH3 is 1. The first kappa shape index (κ1) is 14.9. The average Bonchev–Trinajstić information content (AvgIpc) is 2.53. The molecule has 20 heavy (non-hydrogen) atoms. The van der Waals surface area contributed by atoms with Gasteiger partial charge in [-0.1, -0.05) is 12.2 Å². The Bertz CT molecular complexity index is 373. The fourth-order valence-electron chi connectivity index (χ4n) is 2.87. The molecule has 0 aromatic heterocycles. The van der Waals surface area contributed by atoms with E-state index < -0.39 is 0 Å². The second-order valence-corrected chi connectivity index (χ2v) is 5.63. The van der Waals surface area contributed by atoms with E-state index in [4.69, 9.17) is 4.74 Å². The normalized spacial score (nSPS) is 23.4. The molecule has 2 amide bonds. The van der Waals surface area contributed by atoms with Crippen molar-refractivity contribution in [1.82, 2.24) is 10.2 Å². The Morgan fingerprint density at radius 3 is 2.60 bits per heavy atom. The Morgan fingerprint density at radius 2 is 2.00 bits per heavy atom. The van der Waals surface area contributed by atoms with E-state index in [9.17, 15) is 9.59 Å². The monoisotopic (exact) mass is 280 g/mol. The summed E-state index contributed by atoms with van der Waals surface area (Å²) in [5.41, 5.74) is 0. The minimum absolute atomic E-state index is 0.148. The smallest absolute Gasteiger partial charge is 0.409 e. The first-order valence-corrected chi connectivity index (χ1v) is 7.46. The number of amides is 2. The van der Waals surface area contributed by atoms with Crippen molar-refractivity contribution in [3.8, 4) is 0 Å². The highest BCUT2D eigenvalue weighted by Gasteiger charge is 2.24. The van der Waals surface area contributed by atoms with Crippen molar-refractivity contribution in [1.29, 1.82) is 0 Å². The maximum atomic E-state index is 12.0. The molecule has 1 heterocycles. The Hall–Kier alpha value is -1.52. The van der Waals surface area contributed by atoms with Gasteiger partial charge in [0.15, 0.2) is 0 Å². The van der Waals surface area contributed by atoms with Crippen molar-refractivity contribution in [2.24, 2.45) is 11.8 Å². The molecule has 0 saturated carbocycles. The maximum Gasteiger partial charge on any atom is 0.409 e. The molecule has 1 saturated heterocycles. The molecular formula is C15H24N2O3. The SMILES string of the molecule is COC(=O)N1CCC(CNC(=O)C2CC=CCC2)CC1. The van der Waals surface area contributed by atoms with Crippen molar-refractivity contribution >= 4 is 12.0 Å². The molecule has 0 spiro atoms. The highest BCUT2D eigenvalue weighted by molar-refractivity contribution is 5.78. The lowest BCUT2D eigenvalue weighted by Gasteiger charge is -2.31. The molecule has 0 aromatic rings. The van der Waals surface area contributed by atoms with Gasteiger partial charge in [0.05, 0.1) is 7.11 Å². The molecule has 112 valence electrons. The summed E-state index contributed by atoms with van der Waals surface area (Å²) in [4.78, 5) is 25.1. The first-order valence-electron chi connectivity index (χ1n) is 7.46. The van der Waals surface area contributed by atoms with E-state index in [1.54, 1.807) is 4.90 Å². The number of carbonyl (C=O) groups excluding carboxylic acids is 2. The Morgan fingerprint density at radius 1 is 1.25 bits per heavy atom. The van der Waals surface area contributed by atoms with Crippen LogP contribution in [-0.2, 0) is 9.53 Å². The zero-order valence-electron chi connectivity index (χ0n) is 12.1. The Labute approximate surface area is 120 Å². The third kappa shape index (κ3) is 3.99. The molecule has 1 aliphatic carbocycles.